The van der Waals surface area contributed by atoms with Crippen LogP contribution < -0.4 is 0 Å². The van der Waals surface area contributed by atoms with Gasteiger partial charge < -0.3 is 9.67 Å². The summed E-state index contributed by atoms with van der Waals surface area (Å²) in [4.78, 5) is 20.9. The highest BCUT2D eigenvalue weighted by Crippen LogP contribution is 2.17. The van der Waals surface area contributed by atoms with Crippen molar-refractivity contribution in [1.29, 1.82) is 0 Å². The Morgan fingerprint density at radius 1 is 1.35 bits per heavy atom. The molecule has 0 spiro atoms. The molecule has 1 heterocycles. The van der Waals surface area contributed by atoms with Gasteiger partial charge in [-0.25, -0.2) is 4.79 Å². The van der Waals surface area contributed by atoms with E-state index in [9.17, 15) is 14.9 Å². The Morgan fingerprint density at radius 3 is 2.50 bits per heavy atom. The van der Waals surface area contributed by atoms with Crippen molar-refractivity contribution in [2.24, 2.45) is 0 Å². The first-order valence-corrected chi connectivity index (χ1v) is 6.59. The van der Waals surface area contributed by atoms with Crippen LogP contribution in [0.15, 0.2) is 41.1 Å². The number of rotatable bonds is 5. The maximum Gasteiger partial charge on any atom is 0.337 e. The summed E-state index contributed by atoms with van der Waals surface area (Å²) in [7, 11) is 0. The van der Waals surface area contributed by atoms with Crippen LogP contribution in [0.4, 0.5) is 5.69 Å². The van der Waals surface area contributed by atoms with Crippen molar-refractivity contribution in [2.75, 3.05) is 0 Å². The number of nitrogens with zero attached hydrogens (tertiary/aromatic N) is 2. The molecule has 1 N–H and O–H groups in total. The monoisotopic (exact) mass is 338 g/mol. The third kappa shape index (κ3) is 3.24. The minimum Gasteiger partial charge on any atom is -0.478 e. The number of non-ortho nitro benzene ring substituents is 1. The van der Waals surface area contributed by atoms with E-state index in [2.05, 4.69) is 15.9 Å². The van der Waals surface area contributed by atoms with Crippen molar-refractivity contribution in [3.63, 3.8) is 0 Å². The summed E-state index contributed by atoms with van der Waals surface area (Å²) in [6.07, 6.45) is 2.21. The van der Waals surface area contributed by atoms with Gasteiger partial charge in [0.25, 0.3) is 5.69 Å². The van der Waals surface area contributed by atoms with Crippen LogP contribution in [-0.2, 0) is 13.0 Å². The Kier molecular flexibility index (Phi) is 4.19. The van der Waals surface area contributed by atoms with Gasteiger partial charge in [0.2, 0.25) is 0 Å². The smallest absolute Gasteiger partial charge is 0.337 e. The fourth-order valence-electron chi connectivity index (χ4n) is 1.80. The highest BCUT2D eigenvalue weighted by atomic mass is 79.9. The van der Waals surface area contributed by atoms with Crippen molar-refractivity contribution in [2.45, 2.75) is 13.0 Å². The molecule has 1 aromatic carbocycles. The van der Waals surface area contributed by atoms with E-state index in [4.69, 9.17) is 5.11 Å². The molecule has 1 aromatic heterocycles. The number of benzene rings is 1. The van der Waals surface area contributed by atoms with Crippen molar-refractivity contribution in [1.82, 2.24) is 4.57 Å². The number of carboxylic acid groups (broad SMARTS) is 1. The van der Waals surface area contributed by atoms with Gasteiger partial charge in [-0.15, -0.1) is 0 Å². The molecule has 6 nitrogen and oxygen atoms in total. The van der Waals surface area contributed by atoms with Gasteiger partial charge in [0, 0.05) is 24.9 Å². The first kappa shape index (κ1) is 14.3. The molecular formula is C13H11BrN2O4. The van der Waals surface area contributed by atoms with Crippen molar-refractivity contribution >= 4 is 27.6 Å². The number of halogens is 1. The molecule has 0 aliphatic heterocycles. The highest BCUT2D eigenvalue weighted by molar-refractivity contribution is 9.10. The van der Waals surface area contributed by atoms with Crippen LogP contribution in [0.1, 0.15) is 15.9 Å². The van der Waals surface area contributed by atoms with Crippen molar-refractivity contribution in [3.8, 4) is 0 Å². The van der Waals surface area contributed by atoms with E-state index in [0.717, 1.165) is 5.56 Å². The first-order chi connectivity index (χ1) is 9.47. The number of carbonyl (C=O) groups is 1. The molecule has 2 rings (SSSR count). The summed E-state index contributed by atoms with van der Waals surface area (Å²) in [6.45, 7) is 0.589. The van der Waals surface area contributed by atoms with Crippen LogP contribution in [-0.4, -0.2) is 20.6 Å². The Balaban J connectivity index is 2.05. The van der Waals surface area contributed by atoms with Gasteiger partial charge in [-0.1, -0.05) is 12.1 Å². The van der Waals surface area contributed by atoms with E-state index < -0.39 is 10.9 Å². The van der Waals surface area contributed by atoms with E-state index in [1.165, 1.54) is 18.2 Å². The Labute approximate surface area is 122 Å². The van der Waals surface area contributed by atoms with E-state index in [0.29, 0.717) is 17.6 Å². The minimum absolute atomic E-state index is 0.0593. The Hall–Kier alpha value is -2.15. The Bertz CT molecular complexity index is 649. The number of aromatic carboxylic acids is 1. The van der Waals surface area contributed by atoms with E-state index in [1.807, 2.05) is 0 Å². The number of aromatic nitrogens is 1. The zero-order valence-electron chi connectivity index (χ0n) is 10.3. The number of hydrogen-bond donors (Lipinski definition) is 1. The zero-order valence-corrected chi connectivity index (χ0v) is 11.9. The number of nitro benzene ring substituents is 1. The van der Waals surface area contributed by atoms with Crippen LogP contribution >= 0.6 is 15.9 Å². The predicted octanol–water partition coefficient (Wildman–Crippen LogP) is 3.10. The standard InChI is InChI=1S/C13H11BrN2O4/c14-12-7-10(13(17)18)8-15(12)6-5-9-1-3-11(4-2-9)16(19)20/h1-4,7-8H,5-6H2,(H,17,18). The number of carboxylic acids is 1. The largest absolute Gasteiger partial charge is 0.478 e. The first-order valence-electron chi connectivity index (χ1n) is 5.79. The molecule has 0 amide bonds. The number of nitro groups is 1. The molecule has 0 unspecified atom stereocenters. The van der Waals surface area contributed by atoms with Crippen LogP contribution in [0.5, 0.6) is 0 Å². The molecule has 104 valence electrons. The molecule has 0 aliphatic rings. The molecule has 0 aliphatic carbocycles. The van der Waals surface area contributed by atoms with Gasteiger partial charge in [-0.3, -0.25) is 10.1 Å². The Morgan fingerprint density at radius 2 is 2.00 bits per heavy atom. The third-order valence-corrected chi connectivity index (χ3v) is 3.56. The van der Waals surface area contributed by atoms with Gasteiger partial charge in [0.1, 0.15) is 0 Å². The van der Waals surface area contributed by atoms with E-state index >= 15 is 0 Å². The molecule has 0 saturated carbocycles. The van der Waals surface area contributed by atoms with Crippen LogP contribution in [0.3, 0.4) is 0 Å². The van der Waals surface area contributed by atoms with Gasteiger partial charge in [-0.2, -0.15) is 0 Å². The van der Waals surface area contributed by atoms with Crippen LogP contribution in [0.25, 0.3) is 0 Å². The van der Waals surface area contributed by atoms with Gasteiger partial charge >= 0.3 is 5.97 Å². The predicted molar refractivity (Wildman–Crippen MR) is 75.9 cm³/mol. The summed E-state index contributed by atoms with van der Waals surface area (Å²) in [5, 5.41) is 19.4. The summed E-state index contributed by atoms with van der Waals surface area (Å²) < 4.78 is 2.47. The van der Waals surface area contributed by atoms with Crippen LogP contribution in [0, 0.1) is 10.1 Å². The molecule has 0 atom stereocenters. The molecule has 0 bridgehead atoms. The molecule has 0 saturated heterocycles. The van der Waals surface area contributed by atoms with Crippen molar-refractivity contribution in [3.05, 3.63) is 62.4 Å². The maximum atomic E-state index is 10.8. The summed E-state index contributed by atoms with van der Waals surface area (Å²) >= 11 is 3.30. The summed E-state index contributed by atoms with van der Waals surface area (Å²) in [5.41, 5.74) is 1.23. The van der Waals surface area contributed by atoms with E-state index in [-0.39, 0.29) is 11.3 Å². The second kappa shape index (κ2) is 5.87. The lowest BCUT2D eigenvalue weighted by Gasteiger charge is -2.05. The lowest BCUT2D eigenvalue weighted by atomic mass is 10.1. The second-order valence-corrected chi connectivity index (χ2v) is 5.04. The minimum atomic E-state index is -0.972. The molecule has 0 radical (unpaired) electrons. The summed E-state index contributed by atoms with van der Waals surface area (Å²) in [5.74, 6) is -0.972. The lowest BCUT2D eigenvalue weighted by Crippen LogP contribution is -2.01. The fourth-order valence-corrected chi connectivity index (χ4v) is 2.33. The van der Waals surface area contributed by atoms with Crippen molar-refractivity contribution < 1.29 is 14.8 Å². The van der Waals surface area contributed by atoms with E-state index in [1.54, 1.807) is 22.9 Å². The quantitative estimate of drug-likeness (QED) is 0.670. The van der Waals surface area contributed by atoms with Gasteiger partial charge in [-0.05, 0) is 34.0 Å². The van der Waals surface area contributed by atoms with Gasteiger partial charge in [0.15, 0.2) is 0 Å². The molecule has 2 aromatic rings. The normalized spacial score (nSPS) is 10.4. The number of aryl methyl sites for hydroxylation is 2. The number of hydrogen-bond acceptors (Lipinski definition) is 3. The highest BCUT2D eigenvalue weighted by Gasteiger charge is 2.09. The second-order valence-electron chi connectivity index (χ2n) is 4.22. The molecular weight excluding hydrogens is 328 g/mol. The molecule has 7 heteroatoms. The summed E-state index contributed by atoms with van der Waals surface area (Å²) in [6, 6.07) is 7.87. The maximum absolute atomic E-state index is 10.8. The zero-order chi connectivity index (χ0) is 14.7. The van der Waals surface area contributed by atoms with Crippen LogP contribution in [0.2, 0.25) is 0 Å². The lowest BCUT2D eigenvalue weighted by molar-refractivity contribution is -0.384. The molecule has 20 heavy (non-hydrogen) atoms. The topological polar surface area (TPSA) is 85.4 Å². The SMILES string of the molecule is O=C(O)c1cc(Br)n(CCc2ccc([N+](=O)[O-])cc2)c1. The average molecular weight is 339 g/mol. The molecule has 0 fully saturated rings. The van der Waals surface area contributed by atoms with Gasteiger partial charge in [0.05, 0.1) is 15.1 Å². The fraction of sp³-hybridized carbons (Fsp3) is 0.154. The average Bonchev–Trinajstić information content (AvgIpc) is 2.78. The third-order valence-electron chi connectivity index (χ3n) is 2.88.